The van der Waals surface area contributed by atoms with Crippen LogP contribution in [-0.4, -0.2) is 17.0 Å². The molecule has 8 heteroatoms. The Labute approximate surface area is 159 Å². The quantitative estimate of drug-likeness (QED) is 0.785. The Hall–Kier alpha value is -2.64. The summed E-state index contributed by atoms with van der Waals surface area (Å²) in [5, 5.41) is 2.74. The van der Waals surface area contributed by atoms with Gasteiger partial charge in [-0.15, -0.1) is 0 Å². The van der Waals surface area contributed by atoms with E-state index in [1.807, 2.05) is 0 Å². The molecule has 4 nitrogen and oxygen atoms in total. The van der Waals surface area contributed by atoms with Crippen molar-refractivity contribution in [3.8, 4) is 0 Å². The monoisotopic (exact) mass is 396 g/mol. The summed E-state index contributed by atoms with van der Waals surface area (Å²) in [5.74, 6) is -0.889. The molecule has 1 fully saturated rings. The molecule has 150 valence electrons. The highest BCUT2D eigenvalue weighted by Gasteiger charge is 2.36. The minimum absolute atomic E-state index is 0.283. The van der Waals surface area contributed by atoms with Crippen LogP contribution in [0.1, 0.15) is 36.8 Å². The predicted octanol–water partition coefficient (Wildman–Crippen LogP) is 3.63. The Morgan fingerprint density at radius 3 is 2.32 bits per heavy atom. The van der Waals surface area contributed by atoms with Gasteiger partial charge in [0.05, 0.1) is 5.56 Å². The molecule has 1 amide bonds. The van der Waals surface area contributed by atoms with E-state index in [0.717, 1.165) is 41.9 Å². The van der Waals surface area contributed by atoms with E-state index in [0.29, 0.717) is 12.3 Å². The predicted molar refractivity (Wildman–Crippen MR) is 95.3 cm³/mol. The van der Waals surface area contributed by atoms with Crippen molar-refractivity contribution in [3.63, 3.8) is 0 Å². The van der Waals surface area contributed by atoms with Crippen LogP contribution in [0.25, 0.3) is 0 Å². The van der Waals surface area contributed by atoms with Crippen LogP contribution in [0.15, 0.2) is 47.4 Å². The van der Waals surface area contributed by atoms with Crippen molar-refractivity contribution in [1.82, 2.24) is 9.88 Å². The van der Waals surface area contributed by atoms with Crippen molar-refractivity contribution >= 4 is 5.91 Å². The second-order valence-electron chi connectivity index (χ2n) is 7.15. The molecule has 1 N–H and O–H groups in total. The second-order valence-corrected chi connectivity index (χ2v) is 7.15. The molecule has 0 atom stereocenters. The van der Waals surface area contributed by atoms with Crippen LogP contribution in [-0.2, 0) is 22.9 Å². The van der Waals surface area contributed by atoms with Gasteiger partial charge in [0.2, 0.25) is 5.91 Å². The lowest BCUT2D eigenvalue weighted by molar-refractivity contribution is -0.138. The van der Waals surface area contributed by atoms with Crippen LogP contribution in [0.2, 0.25) is 0 Å². The average molecular weight is 396 g/mol. The summed E-state index contributed by atoms with van der Waals surface area (Å²) >= 11 is 0. The number of amides is 1. The van der Waals surface area contributed by atoms with Gasteiger partial charge >= 0.3 is 6.18 Å². The van der Waals surface area contributed by atoms with Gasteiger partial charge in [-0.2, -0.15) is 13.2 Å². The van der Waals surface area contributed by atoms with E-state index in [-0.39, 0.29) is 17.8 Å². The third kappa shape index (κ3) is 4.43. The average Bonchev–Trinajstić information content (AvgIpc) is 3.12. The standard InChI is InChI=1S/C20H20F4N2O2/c21-16-6-3-14(4-7-16)19(9-1-2-10-19)13-25-17(27)12-26-11-15(20(22,23)24)5-8-18(26)28/h3-8,11H,1-2,9-10,12-13H2,(H,25,27). The highest BCUT2D eigenvalue weighted by Crippen LogP contribution is 2.40. The van der Waals surface area contributed by atoms with E-state index in [9.17, 15) is 27.2 Å². The first-order valence-electron chi connectivity index (χ1n) is 9.00. The maximum absolute atomic E-state index is 13.2. The number of halogens is 4. The Balaban J connectivity index is 1.71. The van der Waals surface area contributed by atoms with Crippen molar-refractivity contribution in [2.45, 2.75) is 43.8 Å². The van der Waals surface area contributed by atoms with Gasteiger partial charge in [0.25, 0.3) is 5.56 Å². The first kappa shape index (κ1) is 20.1. The van der Waals surface area contributed by atoms with Gasteiger partial charge in [-0.3, -0.25) is 9.59 Å². The van der Waals surface area contributed by atoms with E-state index in [2.05, 4.69) is 5.32 Å². The van der Waals surface area contributed by atoms with Gasteiger partial charge in [0, 0.05) is 24.2 Å². The Morgan fingerprint density at radius 1 is 1.07 bits per heavy atom. The zero-order valence-electron chi connectivity index (χ0n) is 15.1. The summed E-state index contributed by atoms with van der Waals surface area (Å²) in [6, 6.07) is 7.64. The number of carbonyl (C=O) groups is 1. The van der Waals surface area contributed by atoms with Crippen LogP contribution in [0.5, 0.6) is 0 Å². The zero-order valence-corrected chi connectivity index (χ0v) is 15.1. The van der Waals surface area contributed by atoms with Crippen LogP contribution < -0.4 is 10.9 Å². The third-order valence-corrected chi connectivity index (χ3v) is 5.27. The molecule has 28 heavy (non-hydrogen) atoms. The maximum atomic E-state index is 13.2. The smallest absolute Gasteiger partial charge is 0.354 e. The van der Waals surface area contributed by atoms with E-state index in [4.69, 9.17) is 0 Å². The first-order valence-corrected chi connectivity index (χ1v) is 9.00. The lowest BCUT2D eigenvalue weighted by Gasteiger charge is -2.30. The summed E-state index contributed by atoms with van der Waals surface area (Å²) < 4.78 is 52.4. The number of nitrogens with zero attached hydrogens (tertiary/aromatic N) is 1. The largest absolute Gasteiger partial charge is 0.417 e. The minimum Gasteiger partial charge on any atom is -0.354 e. The summed E-state index contributed by atoms with van der Waals surface area (Å²) in [6.07, 6.45) is -0.360. The van der Waals surface area contributed by atoms with E-state index < -0.39 is 29.8 Å². The molecule has 1 aliphatic rings. The number of rotatable bonds is 5. The van der Waals surface area contributed by atoms with Gasteiger partial charge in [0.15, 0.2) is 0 Å². The molecule has 0 bridgehead atoms. The Bertz CT molecular complexity index is 898. The second kappa shape index (κ2) is 7.77. The molecule has 0 aliphatic heterocycles. The number of hydrogen-bond acceptors (Lipinski definition) is 2. The minimum atomic E-state index is -4.59. The molecule has 1 heterocycles. The molecule has 2 aromatic rings. The first-order chi connectivity index (χ1) is 13.2. The van der Waals surface area contributed by atoms with E-state index >= 15 is 0 Å². The number of carbonyl (C=O) groups excluding carboxylic acids is 1. The van der Waals surface area contributed by atoms with Crippen molar-refractivity contribution in [2.75, 3.05) is 6.54 Å². The molecular weight excluding hydrogens is 376 g/mol. The normalized spacial score (nSPS) is 16.1. The molecule has 1 aromatic heterocycles. The van der Waals surface area contributed by atoms with Crippen molar-refractivity contribution in [1.29, 1.82) is 0 Å². The van der Waals surface area contributed by atoms with Crippen molar-refractivity contribution < 1.29 is 22.4 Å². The number of hydrogen-bond donors (Lipinski definition) is 1. The number of benzene rings is 1. The third-order valence-electron chi connectivity index (χ3n) is 5.27. The number of nitrogens with one attached hydrogen (secondary N) is 1. The molecule has 3 rings (SSSR count). The van der Waals surface area contributed by atoms with Crippen LogP contribution in [0, 0.1) is 5.82 Å². The number of alkyl halides is 3. The molecule has 0 unspecified atom stereocenters. The Morgan fingerprint density at radius 2 is 1.71 bits per heavy atom. The van der Waals surface area contributed by atoms with Crippen molar-refractivity contribution in [3.05, 3.63) is 69.9 Å². The van der Waals surface area contributed by atoms with Gasteiger partial charge in [-0.1, -0.05) is 25.0 Å². The molecule has 1 aliphatic carbocycles. The maximum Gasteiger partial charge on any atom is 0.417 e. The highest BCUT2D eigenvalue weighted by atomic mass is 19.4. The number of aromatic nitrogens is 1. The molecule has 1 aromatic carbocycles. The number of pyridine rings is 1. The molecule has 1 saturated carbocycles. The van der Waals surface area contributed by atoms with Crippen LogP contribution >= 0.6 is 0 Å². The molecule has 0 saturated heterocycles. The summed E-state index contributed by atoms with van der Waals surface area (Å²) in [4.78, 5) is 24.1. The SMILES string of the molecule is O=C(Cn1cc(C(F)(F)F)ccc1=O)NCC1(c2ccc(F)cc2)CCCC1. The van der Waals surface area contributed by atoms with E-state index in [1.165, 1.54) is 12.1 Å². The molecule has 0 radical (unpaired) electrons. The van der Waals surface area contributed by atoms with Crippen molar-refractivity contribution in [2.24, 2.45) is 0 Å². The lowest BCUT2D eigenvalue weighted by atomic mass is 9.79. The van der Waals surface area contributed by atoms with Gasteiger partial charge in [-0.25, -0.2) is 4.39 Å². The summed E-state index contributed by atoms with van der Waals surface area (Å²) in [6.45, 7) is -0.215. The summed E-state index contributed by atoms with van der Waals surface area (Å²) in [5.41, 5.74) is -1.08. The Kier molecular flexibility index (Phi) is 5.58. The topological polar surface area (TPSA) is 51.1 Å². The van der Waals surface area contributed by atoms with Crippen LogP contribution in [0.3, 0.4) is 0 Å². The van der Waals surface area contributed by atoms with Gasteiger partial charge < -0.3 is 9.88 Å². The highest BCUT2D eigenvalue weighted by molar-refractivity contribution is 5.75. The summed E-state index contributed by atoms with van der Waals surface area (Å²) in [7, 11) is 0. The van der Waals surface area contributed by atoms with Crippen LogP contribution in [0.4, 0.5) is 17.6 Å². The lowest BCUT2D eigenvalue weighted by Crippen LogP contribution is -2.41. The fraction of sp³-hybridized carbons (Fsp3) is 0.400. The molecule has 0 spiro atoms. The fourth-order valence-corrected chi connectivity index (χ4v) is 3.72. The van der Waals surface area contributed by atoms with Gasteiger partial charge in [-0.05, 0) is 36.6 Å². The fourth-order valence-electron chi connectivity index (χ4n) is 3.72. The van der Waals surface area contributed by atoms with E-state index in [1.54, 1.807) is 12.1 Å². The zero-order chi connectivity index (χ0) is 20.4. The van der Waals surface area contributed by atoms with Gasteiger partial charge in [0.1, 0.15) is 12.4 Å². The molecular formula is C20H20F4N2O2.